The molecule has 0 spiro atoms. The number of hydrogen-bond acceptors (Lipinski definition) is 4. The Morgan fingerprint density at radius 2 is 1.53 bits per heavy atom. The van der Waals surface area contributed by atoms with Crippen molar-refractivity contribution in [2.75, 3.05) is 36.5 Å². The predicted molar refractivity (Wildman–Crippen MR) is 146 cm³/mol. The Labute approximate surface area is 223 Å². The first kappa shape index (κ1) is 25.9. The molecular weight excluding hydrogens is 481 g/mol. The maximum Gasteiger partial charge on any atom is 0.250 e. The fraction of sp³-hybridized carbons (Fsp3) is 0.355. The summed E-state index contributed by atoms with van der Waals surface area (Å²) in [4.78, 5) is 31.8. The number of carbonyl (C=O) groups excluding carboxylic acids is 2. The molecule has 1 N–H and O–H groups in total. The first-order chi connectivity index (χ1) is 18.5. The van der Waals surface area contributed by atoms with Crippen LogP contribution in [-0.2, 0) is 27.3 Å². The molecule has 3 aromatic carbocycles. The molecule has 1 aliphatic heterocycles. The van der Waals surface area contributed by atoms with Crippen LogP contribution in [0.2, 0.25) is 0 Å². The van der Waals surface area contributed by atoms with Crippen molar-refractivity contribution in [2.24, 2.45) is 0 Å². The summed E-state index contributed by atoms with van der Waals surface area (Å²) in [6, 6.07) is 23.6. The molecule has 0 radical (unpaired) electrons. The zero-order valence-corrected chi connectivity index (χ0v) is 21.6. The van der Waals surface area contributed by atoms with E-state index in [1.165, 1.54) is 12.1 Å². The average molecular weight is 516 g/mol. The molecule has 2 amide bonds. The predicted octanol–water partition coefficient (Wildman–Crippen LogP) is 5.19. The van der Waals surface area contributed by atoms with Gasteiger partial charge in [-0.05, 0) is 60.4 Å². The Balaban J connectivity index is 1.39. The lowest BCUT2D eigenvalue weighted by molar-refractivity contribution is -0.145. The third kappa shape index (κ3) is 5.89. The van der Waals surface area contributed by atoms with Gasteiger partial charge >= 0.3 is 0 Å². The minimum atomic E-state index is -0.969. The van der Waals surface area contributed by atoms with Gasteiger partial charge in [-0.3, -0.25) is 9.59 Å². The molecule has 2 aliphatic rings. The number of benzene rings is 3. The van der Waals surface area contributed by atoms with E-state index in [1.807, 2.05) is 54.6 Å². The highest BCUT2D eigenvalue weighted by molar-refractivity contribution is 6.01. The van der Waals surface area contributed by atoms with E-state index in [4.69, 9.17) is 4.74 Å². The van der Waals surface area contributed by atoms with Crippen molar-refractivity contribution in [3.63, 3.8) is 0 Å². The van der Waals surface area contributed by atoms with Gasteiger partial charge in [0.1, 0.15) is 11.4 Å². The number of amides is 2. The number of anilines is 2. The average Bonchev–Trinajstić information content (AvgIpc) is 3.45. The molecule has 38 heavy (non-hydrogen) atoms. The van der Waals surface area contributed by atoms with Crippen molar-refractivity contribution >= 4 is 23.2 Å². The largest absolute Gasteiger partial charge is 0.378 e. The summed E-state index contributed by atoms with van der Waals surface area (Å²) < 4.78 is 19.1. The summed E-state index contributed by atoms with van der Waals surface area (Å²) in [5.41, 5.74) is 2.52. The number of ether oxygens (including phenoxy) is 1. The minimum Gasteiger partial charge on any atom is -0.378 e. The summed E-state index contributed by atoms with van der Waals surface area (Å²) in [5.74, 6) is -0.609. The normalized spacial score (nSPS) is 16.7. The SMILES string of the molecule is O=C(Cc1ccccc1)N(Cc1ccc(F)cc1)C1(C(=O)Nc2ccc(N3CCOCC3)cc2)CCCC1. The second-order valence-electron chi connectivity index (χ2n) is 10.1. The lowest BCUT2D eigenvalue weighted by Gasteiger charge is -2.40. The van der Waals surface area contributed by atoms with Crippen LogP contribution in [0.1, 0.15) is 36.8 Å². The minimum absolute atomic E-state index is 0.111. The van der Waals surface area contributed by atoms with Gasteiger partial charge in [0, 0.05) is 31.0 Å². The van der Waals surface area contributed by atoms with Gasteiger partial charge in [0.15, 0.2) is 0 Å². The summed E-state index contributed by atoms with van der Waals surface area (Å²) >= 11 is 0. The molecule has 6 nitrogen and oxygen atoms in total. The molecule has 1 heterocycles. The van der Waals surface area contributed by atoms with Gasteiger partial charge in [-0.15, -0.1) is 0 Å². The van der Waals surface area contributed by atoms with Gasteiger partial charge in [-0.25, -0.2) is 4.39 Å². The lowest BCUT2D eigenvalue weighted by atomic mass is 9.91. The Kier molecular flexibility index (Phi) is 8.03. The van der Waals surface area contributed by atoms with E-state index < -0.39 is 5.54 Å². The number of nitrogens with zero attached hydrogens (tertiary/aromatic N) is 2. The molecule has 7 heteroatoms. The standard InChI is InChI=1S/C31H34FN3O3/c32-26-10-8-25(9-11-26)23-35(29(36)22-24-6-2-1-3-7-24)31(16-4-5-17-31)30(37)33-27-12-14-28(15-13-27)34-18-20-38-21-19-34/h1-3,6-15H,4-5,16-23H2,(H,33,37). The molecular formula is C31H34FN3O3. The highest BCUT2D eigenvalue weighted by Gasteiger charge is 2.48. The number of carbonyl (C=O) groups is 2. The number of morpholine rings is 1. The van der Waals surface area contributed by atoms with Gasteiger partial charge < -0.3 is 19.9 Å². The van der Waals surface area contributed by atoms with Crippen LogP contribution in [0, 0.1) is 5.82 Å². The monoisotopic (exact) mass is 515 g/mol. The fourth-order valence-corrected chi connectivity index (χ4v) is 5.52. The molecule has 1 saturated heterocycles. The Morgan fingerprint density at radius 3 is 2.18 bits per heavy atom. The second kappa shape index (κ2) is 11.8. The third-order valence-corrected chi connectivity index (χ3v) is 7.62. The summed E-state index contributed by atoms with van der Waals surface area (Å²) in [6.45, 7) is 3.35. The van der Waals surface area contributed by atoms with Crippen molar-refractivity contribution < 1.29 is 18.7 Å². The van der Waals surface area contributed by atoms with E-state index in [1.54, 1.807) is 17.0 Å². The summed E-state index contributed by atoms with van der Waals surface area (Å²) in [5, 5.41) is 3.11. The van der Waals surface area contributed by atoms with Crippen LogP contribution in [0.25, 0.3) is 0 Å². The van der Waals surface area contributed by atoms with Crippen molar-refractivity contribution in [2.45, 2.75) is 44.2 Å². The van der Waals surface area contributed by atoms with E-state index in [0.717, 1.165) is 42.7 Å². The molecule has 0 bridgehead atoms. The Morgan fingerprint density at radius 1 is 0.868 bits per heavy atom. The highest BCUT2D eigenvalue weighted by Crippen LogP contribution is 2.38. The fourth-order valence-electron chi connectivity index (χ4n) is 5.52. The van der Waals surface area contributed by atoms with E-state index in [-0.39, 0.29) is 30.6 Å². The van der Waals surface area contributed by atoms with E-state index in [2.05, 4.69) is 10.2 Å². The molecule has 1 aliphatic carbocycles. The summed E-state index contributed by atoms with van der Waals surface area (Å²) in [6.07, 6.45) is 3.11. The molecule has 0 unspecified atom stereocenters. The third-order valence-electron chi connectivity index (χ3n) is 7.62. The summed E-state index contributed by atoms with van der Waals surface area (Å²) in [7, 11) is 0. The van der Waals surface area contributed by atoms with Crippen molar-refractivity contribution in [3.8, 4) is 0 Å². The smallest absolute Gasteiger partial charge is 0.250 e. The zero-order chi connectivity index (χ0) is 26.4. The van der Waals surface area contributed by atoms with Gasteiger partial charge in [0.25, 0.3) is 0 Å². The van der Waals surface area contributed by atoms with Crippen LogP contribution in [0.3, 0.4) is 0 Å². The van der Waals surface area contributed by atoms with Crippen LogP contribution < -0.4 is 10.2 Å². The second-order valence-corrected chi connectivity index (χ2v) is 10.1. The first-order valence-electron chi connectivity index (χ1n) is 13.4. The van der Waals surface area contributed by atoms with Crippen LogP contribution in [0.5, 0.6) is 0 Å². The Bertz CT molecular complexity index is 1220. The van der Waals surface area contributed by atoms with Gasteiger partial charge in [0.05, 0.1) is 19.6 Å². The molecule has 5 rings (SSSR count). The molecule has 2 fully saturated rings. The van der Waals surface area contributed by atoms with Crippen molar-refractivity contribution in [3.05, 3.63) is 95.8 Å². The van der Waals surface area contributed by atoms with Crippen LogP contribution >= 0.6 is 0 Å². The van der Waals surface area contributed by atoms with Crippen LogP contribution in [0.4, 0.5) is 15.8 Å². The van der Waals surface area contributed by atoms with Gasteiger partial charge in [0.2, 0.25) is 11.8 Å². The van der Waals surface area contributed by atoms with Gasteiger partial charge in [-0.2, -0.15) is 0 Å². The Hall–Kier alpha value is -3.71. The topological polar surface area (TPSA) is 61.9 Å². The lowest BCUT2D eigenvalue weighted by Crippen LogP contribution is -2.57. The number of rotatable bonds is 8. The van der Waals surface area contributed by atoms with E-state index in [9.17, 15) is 14.0 Å². The van der Waals surface area contributed by atoms with Gasteiger partial charge in [-0.1, -0.05) is 55.3 Å². The maximum absolute atomic E-state index is 14.0. The first-order valence-corrected chi connectivity index (χ1v) is 13.4. The van der Waals surface area contributed by atoms with Crippen molar-refractivity contribution in [1.82, 2.24) is 4.90 Å². The van der Waals surface area contributed by atoms with Crippen molar-refractivity contribution in [1.29, 1.82) is 0 Å². The highest BCUT2D eigenvalue weighted by atomic mass is 19.1. The van der Waals surface area contributed by atoms with E-state index in [0.29, 0.717) is 31.7 Å². The molecule has 198 valence electrons. The van der Waals surface area contributed by atoms with Crippen LogP contribution in [-0.4, -0.2) is 48.6 Å². The number of halogens is 1. The molecule has 3 aromatic rings. The zero-order valence-electron chi connectivity index (χ0n) is 21.6. The quantitative estimate of drug-likeness (QED) is 0.449. The maximum atomic E-state index is 14.0. The molecule has 0 aromatic heterocycles. The number of hydrogen-bond donors (Lipinski definition) is 1. The molecule has 0 atom stereocenters. The number of nitrogens with one attached hydrogen (secondary N) is 1. The van der Waals surface area contributed by atoms with Crippen LogP contribution in [0.15, 0.2) is 78.9 Å². The molecule has 1 saturated carbocycles. The van der Waals surface area contributed by atoms with E-state index >= 15 is 0 Å².